The number of hydrogen-bond donors (Lipinski definition) is 6. The molecule has 4 aromatic carbocycles. The first-order valence-corrected chi connectivity index (χ1v) is 18.7. The number of aromatic nitrogens is 2. The first-order chi connectivity index (χ1) is 26.8. The molecule has 1 amide bonds. The number of benzene rings is 4. The Morgan fingerprint density at radius 1 is 0.582 bits per heavy atom. The summed E-state index contributed by atoms with van der Waals surface area (Å²) in [7, 11) is 0. The van der Waals surface area contributed by atoms with Crippen LogP contribution < -0.4 is 33.4 Å². The number of carbonyl (C=O) groups excluding carboxylic acids is 1. The Labute approximate surface area is 325 Å². The van der Waals surface area contributed by atoms with E-state index in [1.807, 2.05) is 66.9 Å². The number of amidine groups is 2. The lowest BCUT2D eigenvalue weighted by molar-refractivity contribution is -0.118. The number of rotatable bonds is 9. The smallest absolute Gasteiger partial charge is 0.237 e. The lowest BCUT2D eigenvalue weighted by atomic mass is 10.1. The zero-order valence-corrected chi connectivity index (χ0v) is 31.2. The number of hydrogen-bond acceptors (Lipinski definition) is 10. The summed E-state index contributed by atoms with van der Waals surface area (Å²) in [5.74, 6) is 5.61. The van der Waals surface area contributed by atoms with Crippen LogP contribution in [0.15, 0.2) is 156 Å². The molecule has 4 heterocycles. The van der Waals surface area contributed by atoms with Crippen molar-refractivity contribution in [1.82, 2.24) is 15.4 Å². The van der Waals surface area contributed by atoms with E-state index >= 15 is 0 Å². The first-order valence-electron chi connectivity index (χ1n) is 17.1. The highest BCUT2D eigenvalue weighted by molar-refractivity contribution is 7.21. The monoisotopic (exact) mass is 760 g/mol. The average Bonchev–Trinajstić information content (AvgIpc) is 3.88. The van der Waals surface area contributed by atoms with Gasteiger partial charge in [0.05, 0.1) is 42.9 Å². The summed E-state index contributed by atoms with van der Waals surface area (Å²) in [6, 6.07) is 41.1. The van der Waals surface area contributed by atoms with Crippen molar-refractivity contribution in [2.45, 2.75) is 6.92 Å². The molecule has 0 unspecified atom stereocenters. The minimum atomic E-state index is -0.267. The van der Waals surface area contributed by atoms with Crippen molar-refractivity contribution >= 4 is 83.2 Å². The number of fused-ring (bicyclic) bond motifs is 2. The van der Waals surface area contributed by atoms with Crippen molar-refractivity contribution < 1.29 is 4.79 Å². The second-order valence-electron chi connectivity index (χ2n) is 12.2. The molecule has 0 bridgehead atoms. The Kier molecular flexibility index (Phi) is 11.0. The molecule has 8 rings (SSSR count). The third-order valence-corrected chi connectivity index (χ3v) is 10.6. The topological polar surface area (TPSA) is 182 Å². The lowest BCUT2D eigenvalue weighted by Crippen LogP contribution is -2.20. The van der Waals surface area contributed by atoms with Gasteiger partial charge in [0.25, 0.3) is 0 Å². The van der Waals surface area contributed by atoms with E-state index < -0.39 is 0 Å². The highest BCUT2D eigenvalue weighted by Gasteiger charge is 2.12. The van der Waals surface area contributed by atoms with Crippen molar-refractivity contribution in [3.8, 4) is 22.3 Å². The summed E-state index contributed by atoms with van der Waals surface area (Å²) in [5.41, 5.74) is 22.6. The summed E-state index contributed by atoms with van der Waals surface area (Å²) in [4.78, 5) is 21.3. The molecule has 0 aliphatic carbocycles. The van der Waals surface area contributed by atoms with Gasteiger partial charge in [-0.25, -0.2) is 5.43 Å². The van der Waals surface area contributed by atoms with Crippen LogP contribution in [0.2, 0.25) is 0 Å². The molecule has 9 N–H and O–H groups in total. The number of nitrogens with two attached hydrogens (primary N) is 3. The van der Waals surface area contributed by atoms with E-state index in [0.29, 0.717) is 5.84 Å². The Hall–Kier alpha value is -7.09. The Balaban J connectivity index is 0.000000170. The van der Waals surface area contributed by atoms with Gasteiger partial charge in [-0.3, -0.25) is 14.8 Å². The zero-order valence-electron chi connectivity index (χ0n) is 29.6. The minimum absolute atomic E-state index is 0.263. The highest BCUT2D eigenvalue weighted by atomic mass is 32.1. The maximum absolute atomic E-state index is 11.0. The number of nitrogens with zero attached hydrogens (tertiary/aromatic N) is 4. The number of hydrazone groups is 2. The molecular formula is C42H36N10OS2. The Morgan fingerprint density at radius 3 is 1.42 bits per heavy atom. The van der Waals surface area contributed by atoms with Gasteiger partial charge < -0.3 is 27.9 Å². The Bertz CT molecular complexity index is 2620. The van der Waals surface area contributed by atoms with Gasteiger partial charge in [0.15, 0.2) is 11.7 Å². The first kappa shape index (κ1) is 36.3. The van der Waals surface area contributed by atoms with Crippen LogP contribution in [0.25, 0.3) is 42.4 Å². The SMILES string of the molecule is CC(=O)N/N=C(\N)c1cc2c(Nc3ccc(-c4ccccc4)cc3)cncc2s1.N/N=C(\N)c1cc2c(Nc3ccc(-c4ccccc4)cc3)cncc2s1. The molecule has 4 aromatic heterocycles. The van der Waals surface area contributed by atoms with Crippen LogP contribution in [0.1, 0.15) is 16.7 Å². The fraction of sp³-hybridized carbons (Fsp3) is 0.0238. The molecule has 55 heavy (non-hydrogen) atoms. The van der Waals surface area contributed by atoms with Gasteiger partial charge in [0.1, 0.15) is 0 Å². The maximum atomic E-state index is 11.0. The second-order valence-corrected chi connectivity index (χ2v) is 14.4. The van der Waals surface area contributed by atoms with Crippen molar-refractivity contribution in [3.05, 3.63) is 156 Å². The van der Waals surface area contributed by atoms with Crippen molar-refractivity contribution in [2.75, 3.05) is 10.6 Å². The number of thiophene rings is 2. The van der Waals surface area contributed by atoms with E-state index in [1.54, 1.807) is 18.6 Å². The van der Waals surface area contributed by atoms with Crippen LogP contribution >= 0.6 is 22.7 Å². The molecule has 0 aliphatic rings. The van der Waals surface area contributed by atoms with Crippen molar-refractivity contribution in [1.29, 1.82) is 0 Å². The lowest BCUT2D eigenvalue weighted by Gasteiger charge is -2.08. The predicted octanol–water partition coefficient (Wildman–Crippen LogP) is 8.75. The molecule has 0 radical (unpaired) electrons. The third kappa shape index (κ3) is 8.76. The number of carbonyl (C=O) groups is 1. The van der Waals surface area contributed by atoms with Gasteiger partial charge in [-0.2, -0.15) is 10.2 Å². The largest absolute Gasteiger partial charge is 0.381 e. The quantitative estimate of drug-likeness (QED) is 0.0365. The van der Waals surface area contributed by atoms with Gasteiger partial charge in [0, 0.05) is 41.5 Å². The van der Waals surface area contributed by atoms with E-state index in [0.717, 1.165) is 58.2 Å². The fourth-order valence-corrected chi connectivity index (χ4v) is 7.61. The summed E-state index contributed by atoms with van der Waals surface area (Å²) in [5, 5.41) is 16.4. The summed E-state index contributed by atoms with van der Waals surface area (Å²) < 4.78 is 2.00. The van der Waals surface area contributed by atoms with Crippen LogP contribution in [-0.4, -0.2) is 27.5 Å². The number of nitrogens with one attached hydrogen (secondary N) is 3. The molecular weight excluding hydrogens is 725 g/mol. The molecule has 0 saturated heterocycles. The molecule has 0 aliphatic heterocycles. The molecule has 8 aromatic rings. The minimum Gasteiger partial charge on any atom is -0.381 e. The second kappa shape index (κ2) is 16.7. The molecule has 0 spiro atoms. The van der Waals surface area contributed by atoms with Gasteiger partial charge in [-0.05, 0) is 58.7 Å². The normalized spacial score (nSPS) is 11.5. The molecule has 11 nitrogen and oxygen atoms in total. The standard InChI is InChI=1S/C22H19N5OS.C20H17N5S/c1-14(28)26-27-22(23)20-11-18-19(12-24-13-21(18)29-20)25-17-9-7-16(8-10-17)15-5-3-2-4-6-15;21-20(25-22)18-10-16-17(11-23-12-19(16)26-18)24-15-8-6-14(7-9-15)13-4-2-1-3-5-13/h2-13,25H,1H3,(H2,23,27)(H,26,28);1-12,24H,22H2,(H2,21,25). The van der Waals surface area contributed by atoms with E-state index in [9.17, 15) is 4.79 Å². The van der Waals surface area contributed by atoms with Crippen LogP contribution in [-0.2, 0) is 4.79 Å². The highest BCUT2D eigenvalue weighted by Crippen LogP contribution is 2.34. The van der Waals surface area contributed by atoms with Crippen molar-refractivity contribution in [2.24, 2.45) is 27.5 Å². The van der Waals surface area contributed by atoms with Crippen LogP contribution in [0, 0.1) is 0 Å². The molecule has 0 atom stereocenters. The molecule has 0 fully saturated rings. The van der Waals surface area contributed by atoms with E-state index in [-0.39, 0.29) is 11.7 Å². The molecule has 0 saturated carbocycles. The number of pyridine rings is 2. The maximum Gasteiger partial charge on any atom is 0.237 e. The van der Waals surface area contributed by atoms with E-state index in [2.05, 4.69) is 96.9 Å². The predicted molar refractivity (Wildman–Crippen MR) is 229 cm³/mol. The molecule has 272 valence electrons. The van der Waals surface area contributed by atoms with Crippen LogP contribution in [0.3, 0.4) is 0 Å². The summed E-state index contributed by atoms with van der Waals surface area (Å²) in [6.45, 7) is 1.39. The fourth-order valence-electron chi connectivity index (χ4n) is 5.69. The van der Waals surface area contributed by atoms with Gasteiger partial charge >= 0.3 is 0 Å². The Morgan fingerprint density at radius 2 is 1.00 bits per heavy atom. The average molecular weight is 761 g/mol. The van der Waals surface area contributed by atoms with Gasteiger partial charge in [-0.1, -0.05) is 84.9 Å². The van der Waals surface area contributed by atoms with Crippen LogP contribution in [0.4, 0.5) is 22.7 Å². The zero-order chi connectivity index (χ0) is 38.1. The summed E-state index contributed by atoms with van der Waals surface area (Å²) >= 11 is 2.99. The van der Waals surface area contributed by atoms with Gasteiger partial charge in [-0.15, -0.1) is 22.7 Å². The number of amides is 1. The van der Waals surface area contributed by atoms with E-state index in [1.165, 1.54) is 46.3 Å². The number of anilines is 4. The van der Waals surface area contributed by atoms with Gasteiger partial charge in [0.2, 0.25) is 5.91 Å². The van der Waals surface area contributed by atoms with E-state index in [4.69, 9.17) is 17.3 Å². The molecule has 13 heteroatoms. The summed E-state index contributed by atoms with van der Waals surface area (Å²) in [6.07, 6.45) is 7.20. The third-order valence-electron chi connectivity index (χ3n) is 8.41. The van der Waals surface area contributed by atoms with Crippen LogP contribution in [0.5, 0.6) is 0 Å². The van der Waals surface area contributed by atoms with Crippen molar-refractivity contribution in [3.63, 3.8) is 0 Å².